The summed E-state index contributed by atoms with van der Waals surface area (Å²) in [6, 6.07) is 6.90. The Morgan fingerprint density at radius 3 is 2.86 bits per heavy atom. The molecule has 0 bridgehead atoms. The van der Waals surface area contributed by atoms with Gasteiger partial charge < -0.3 is 4.74 Å². The van der Waals surface area contributed by atoms with Gasteiger partial charge in [0.1, 0.15) is 0 Å². The Morgan fingerprint density at radius 2 is 2.14 bits per heavy atom. The summed E-state index contributed by atoms with van der Waals surface area (Å²) in [6.45, 7) is 1.42. The molecule has 0 saturated heterocycles. The summed E-state index contributed by atoms with van der Waals surface area (Å²) in [4.78, 5) is 11.3. The van der Waals surface area contributed by atoms with E-state index in [1.54, 1.807) is 24.3 Å². The zero-order valence-electron chi connectivity index (χ0n) is 7.47. The molecule has 0 N–H and O–H groups in total. The fraction of sp³-hybridized carbons (Fsp3) is 0.222. The normalized spacial score (nSPS) is 20.2. The van der Waals surface area contributed by atoms with Crippen molar-refractivity contribution in [3.63, 3.8) is 0 Å². The number of hydrogen-bond donors (Lipinski definition) is 0. The van der Waals surface area contributed by atoms with Crippen LogP contribution in [0.25, 0.3) is 0 Å². The molecule has 1 heterocycles. The first-order chi connectivity index (χ1) is 6.68. The van der Waals surface area contributed by atoms with Gasteiger partial charge in [-0.05, 0) is 10.6 Å². The number of ether oxygens (including phenoxy) is 1. The highest BCUT2D eigenvalue weighted by atomic mass is 31.1. The summed E-state index contributed by atoms with van der Waals surface area (Å²) >= 11 is 0. The SMILES string of the molecule is C[P+](=O)OC1OC(=O)c2ccccc21. The van der Waals surface area contributed by atoms with Gasteiger partial charge in [-0.2, -0.15) is 0 Å². The van der Waals surface area contributed by atoms with Crippen molar-refractivity contribution in [1.82, 2.24) is 0 Å². The third kappa shape index (κ3) is 1.54. The molecule has 2 atom stereocenters. The van der Waals surface area contributed by atoms with E-state index < -0.39 is 20.3 Å². The average molecular weight is 211 g/mol. The summed E-state index contributed by atoms with van der Waals surface area (Å²) in [6.07, 6.45) is -0.813. The number of benzene rings is 1. The lowest BCUT2D eigenvalue weighted by Crippen LogP contribution is -1.98. The van der Waals surface area contributed by atoms with Crippen molar-refractivity contribution in [2.45, 2.75) is 6.29 Å². The smallest absolute Gasteiger partial charge is 0.423 e. The quantitative estimate of drug-likeness (QED) is 0.556. The van der Waals surface area contributed by atoms with E-state index in [1.165, 1.54) is 6.66 Å². The zero-order chi connectivity index (χ0) is 10.1. The number of cyclic esters (lactones) is 1. The molecule has 5 heteroatoms. The van der Waals surface area contributed by atoms with Crippen LogP contribution in [0.15, 0.2) is 24.3 Å². The second kappa shape index (κ2) is 3.48. The number of esters is 1. The number of carbonyl (C=O) groups excluding carboxylic acids is 1. The molecule has 14 heavy (non-hydrogen) atoms. The minimum absolute atomic E-state index is 0.428. The largest absolute Gasteiger partial charge is 0.509 e. The molecule has 1 aliphatic heterocycles. The molecule has 4 nitrogen and oxygen atoms in total. The van der Waals surface area contributed by atoms with Crippen LogP contribution in [0.2, 0.25) is 0 Å². The highest BCUT2D eigenvalue weighted by Gasteiger charge is 2.35. The Bertz CT molecular complexity index is 400. The van der Waals surface area contributed by atoms with Crippen LogP contribution in [-0.4, -0.2) is 12.6 Å². The standard InChI is InChI=1S/C9H8O4P/c1-14(11)13-9-7-5-3-2-4-6(7)8(10)12-9/h2-5,9H,1H3/q+1. The van der Waals surface area contributed by atoms with Gasteiger partial charge >= 0.3 is 14.0 Å². The van der Waals surface area contributed by atoms with E-state index in [9.17, 15) is 9.36 Å². The highest BCUT2D eigenvalue weighted by molar-refractivity contribution is 7.38. The van der Waals surface area contributed by atoms with Gasteiger partial charge in [0.2, 0.25) is 0 Å². The Labute approximate surface area is 81.7 Å². The summed E-state index contributed by atoms with van der Waals surface area (Å²) in [5.74, 6) is -0.428. The Morgan fingerprint density at radius 1 is 1.43 bits per heavy atom. The van der Waals surface area contributed by atoms with Crippen LogP contribution >= 0.6 is 8.03 Å². The maximum absolute atomic E-state index is 11.3. The van der Waals surface area contributed by atoms with Crippen LogP contribution < -0.4 is 0 Å². The average Bonchev–Trinajstić information content (AvgIpc) is 2.44. The van der Waals surface area contributed by atoms with Crippen LogP contribution in [0.5, 0.6) is 0 Å². The van der Waals surface area contributed by atoms with Crippen LogP contribution in [0.4, 0.5) is 0 Å². The molecule has 0 spiro atoms. The monoisotopic (exact) mass is 211 g/mol. The molecule has 1 aromatic carbocycles. The molecular weight excluding hydrogens is 203 g/mol. The van der Waals surface area contributed by atoms with E-state index in [-0.39, 0.29) is 0 Å². The Hall–Kier alpha value is -1.25. The maximum Gasteiger partial charge on any atom is 0.509 e. The fourth-order valence-corrected chi connectivity index (χ4v) is 1.75. The van der Waals surface area contributed by atoms with Crippen molar-refractivity contribution in [3.05, 3.63) is 35.4 Å². The van der Waals surface area contributed by atoms with Gasteiger partial charge in [0.25, 0.3) is 6.29 Å². The summed E-state index contributed by atoms with van der Waals surface area (Å²) in [7, 11) is -1.78. The fourth-order valence-electron chi connectivity index (χ4n) is 1.33. The molecule has 0 fully saturated rings. The molecule has 0 aromatic heterocycles. The van der Waals surface area contributed by atoms with Gasteiger partial charge in [-0.3, -0.25) is 0 Å². The van der Waals surface area contributed by atoms with E-state index in [2.05, 4.69) is 0 Å². The highest BCUT2D eigenvalue weighted by Crippen LogP contribution is 2.36. The van der Waals surface area contributed by atoms with Gasteiger partial charge in [0.15, 0.2) is 6.66 Å². The first kappa shape index (κ1) is 9.31. The number of carbonyl (C=O) groups is 1. The van der Waals surface area contributed by atoms with Crippen molar-refractivity contribution in [2.75, 3.05) is 6.66 Å². The third-order valence-corrected chi connectivity index (χ3v) is 2.38. The maximum atomic E-state index is 11.3. The number of hydrogen-bond acceptors (Lipinski definition) is 4. The Balaban J connectivity index is 2.34. The predicted molar refractivity (Wildman–Crippen MR) is 49.2 cm³/mol. The molecule has 0 aliphatic carbocycles. The van der Waals surface area contributed by atoms with Crippen molar-refractivity contribution in [3.8, 4) is 0 Å². The van der Waals surface area contributed by atoms with Gasteiger partial charge in [-0.1, -0.05) is 22.7 Å². The minimum Gasteiger partial charge on any atom is -0.423 e. The van der Waals surface area contributed by atoms with Crippen LogP contribution in [0, 0.1) is 0 Å². The zero-order valence-corrected chi connectivity index (χ0v) is 8.36. The van der Waals surface area contributed by atoms with Gasteiger partial charge in [-0.25, -0.2) is 4.79 Å². The molecule has 2 rings (SSSR count). The first-order valence-electron chi connectivity index (χ1n) is 4.06. The van der Waals surface area contributed by atoms with E-state index in [0.717, 1.165) is 0 Å². The second-order valence-electron chi connectivity index (χ2n) is 2.87. The molecule has 0 radical (unpaired) electrons. The van der Waals surface area contributed by atoms with Crippen LogP contribution in [-0.2, 0) is 13.8 Å². The minimum atomic E-state index is -1.78. The second-order valence-corrected chi connectivity index (χ2v) is 3.96. The van der Waals surface area contributed by atoms with Gasteiger partial charge in [0.05, 0.1) is 5.56 Å². The van der Waals surface area contributed by atoms with Crippen LogP contribution in [0.1, 0.15) is 22.2 Å². The van der Waals surface area contributed by atoms with Gasteiger partial charge in [0, 0.05) is 5.56 Å². The number of fused-ring (bicyclic) bond motifs is 1. The van der Waals surface area contributed by atoms with Crippen molar-refractivity contribution < 1.29 is 18.6 Å². The molecule has 2 unspecified atom stereocenters. The summed E-state index contributed by atoms with van der Waals surface area (Å²) in [5, 5.41) is 0. The molecule has 0 saturated carbocycles. The lowest BCUT2D eigenvalue weighted by atomic mass is 10.1. The van der Waals surface area contributed by atoms with Crippen molar-refractivity contribution in [2.24, 2.45) is 0 Å². The molecular formula is C9H8O4P+. The summed E-state index contributed by atoms with van der Waals surface area (Å²) < 4.78 is 20.7. The lowest BCUT2D eigenvalue weighted by molar-refractivity contribution is -0.0334. The molecule has 1 aliphatic rings. The van der Waals surface area contributed by atoms with Crippen LogP contribution in [0.3, 0.4) is 0 Å². The lowest BCUT2D eigenvalue weighted by Gasteiger charge is -2.01. The third-order valence-electron chi connectivity index (χ3n) is 1.89. The van der Waals surface area contributed by atoms with E-state index in [4.69, 9.17) is 9.26 Å². The topological polar surface area (TPSA) is 52.6 Å². The predicted octanol–water partition coefficient (Wildman–Crippen LogP) is 2.24. The van der Waals surface area contributed by atoms with Crippen molar-refractivity contribution >= 4 is 14.0 Å². The van der Waals surface area contributed by atoms with E-state index in [1.807, 2.05) is 0 Å². The van der Waals surface area contributed by atoms with E-state index in [0.29, 0.717) is 11.1 Å². The summed E-state index contributed by atoms with van der Waals surface area (Å²) in [5.41, 5.74) is 1.12. The van der Waals surface area contributed by atoms with Crippen molar-refractivity contribution in [1.29, 1.82) is 0 Å². The molecule has 72 valence electrons. The van der Waals surface area contributed by atoms with E-state index >= 15 is 0 Å². The molecule has 1 aromatic rings. The number of rotatable bonds is 2. The first-order valence-corrected chi connectivity index (χ1v) is 5.68. The Kier molecular flexibility index (Phi) is 2.32. The molecule has 0 amide bonds. The van der Waals surface area contributed by atoms with Gasteiger partial charge in [-0.15, -0.1) is 0 Å².